The van der Waals surface area contributed by atoms with Gasteiger partial charge >= 0.3 is 0 Å². The Labute approximate surface area is 93.8 Å². The van der Waals surface area contributed by atoms with Crippen molar-refractivity contribution in [1.29, 1.82) is 0 Å². The van der Waals surface area contributed by atoms with E-state index in [4.69, 9.17) is 0 Å². The zero-order valence-electron chi connectivity index (χ0n) is 9.27. The normalized spacial score (nSPS) is 11.9. The van der Waals surface area contributed by atoms with Gasteiger partial charge in [0.1, 0.15) is 12.2 Å². The molecule has 0 bridgehead atoms. The summed E-state index contributed by atoms with van der Waals surface area (Å²) >= 11 is 1.76. The van der Waals surface area contributed by atoms with Gasteiger partial charge in [0, 0.05) is 16.8 Å². The molecule has 4 heteroatoms. The number of aromatic nitrogens is 3. The van der Waals surface area contributed by atoms with Crippen LogP contribution in [0.25, 0.3) is 0 Å². The van der Waals surface area contributed by atoms with E-state index < -0.39 is 0 Å². The zero-order valence-corrected chi connectivity index (χ0v) is 10.1. The number of hydrogen-bond acceptors (Lipinski definition) is 3. The summed E-state index contributed by atoms with van der Waals surface area (Å²) in [4.78, 5) is 1.33. The van der Waals surface area contributed by atoms with Crippen LogP contribution in [0.1, 0.15) is 31.5 Å². The van der Waals surface area contributed by atoms with Gasteiger partial charge in [-0.1, -0.05) is 6.07 Å². The summed E-state index contributed by atoms with van der Waals surface area (Å²) in [5.74, 6) is 1.03. The maximum atomic E-state index is 4.18. The van der Waals surface area contributed by atoms with Crippen molar-refractivity contribution in [3.8, 4) is 0 Å². The first kappa shape index (κ1) is 10.4. The first-order valence-electron chi connectivity index (χ1n) is 4.99. The Morgan fingerprint density at radius 3 is 2.80 bits per heavy atom. The lowest BCUT2D eigenvalue weighted by atomic mass is 10.1. The first-order valence-corrected chi connectivity index (χ1v) is 5.87. The molecule has 0 aliphatic carbocycles. The summed E-state index contributed by atoms with van der Waals surface area (Å²) in [5.41, 5.74) is 0.0517. The molecule has 0 spiro atoms. The molecule has 15 heavy (non-hydrogen) atoms. The minimum Gasteiger partial charge on any atom is -0.312 e. The Balaban J connectivity index is 2.26. The molecule has 0 radical (unpaired) electrons. The Kier molecular flexibility index (Phi) is 2.61. The van der Waals surface area contributed by atoms with Gasteiger partial charge in [0.05, 0.1) is 0 Å². The van der Waals surface area contributed by atoms with Gasteiger partial charge in [-0.25, -0.2) is 0 Å². The standard InChI is InChI=1S/C11H15N3S/c1-11(2,3)14-8-12-13-10(14)7-9-5-4-6-15-9/h4-6,8H,7H2,1-3H3. The first-order chi connectivity index (χ1) is 7.07. The van der Waals surface area contributed by atoms with E-state index >= 15 is 0 Å². The van der Waals surface area contributed by atoms with E-state index in [1.54, 1.807) is 11.3 Å². The quantitative estimate of drug-likeness (QED) is 0.780. The third-order valence-corrected chi connectivity index (χ3v) is 3.13. The second kappa shape index (κ2) is 3.77. The second-order valence-electron chi connectivity index (χ2n) is 4.54. The average Bonchev–Trinajstić information content (AvgIpc) is 2.73. The van der Waals surface area contributed by atoms with Crippen LogP contribution in [0.5, 0.6) is 0 Å². The molecule has 80 valence electrons. The summed E-state index contributed by atoms with van der Waals surface area (Å²) in [7, 11) is 0. The van der Waals surface area contributed by atoms with Gasteiger partial charge in [0.2, 0.25) is 0 Å². The molecule has 0 amide bonds. The van der Waals surface area contributed by atoms with Crippen molar-refractivity contribution in [2.24, 2.45) is 0 Å². The van der Waals surface area contributed by atoms with Gasteiger partial charge in [-0.15, -0.1) is 21.5 Å². The van der Waals surface area contributed by atoms with Crippen LogP contribution in [0.2, 0.25) is 0 Å². The van der Waals surface area contributed by atoms with Crippen molar-refractivity contribution < 1.29 is 0 Å². The monoisotopic (exact) mass is 221 g/mol. The molecule has 2 aromatic rings. The number of nitrogens with zero attached hydrogens (tertiary/aromatic N) is 3. The Hall–Kier alpha value is -1.16. The molecule has 0 N–H and O–H groups in total. The molecule has 0 saturated heterocycles. The van der Waals surface area contributed by atoms with E-state index in [9.17, 15) is 0 Å². The molecular formula is C11H15N3S. The topological polar surface area (TPSA) is 30.7 Å². The lowest BCUT2D eigenvalue weighted by Gasteiger charge is -2.22. The van der Waals surface area contributed by atoms with Crippen molar-refractivity contribution in [2.45, 2.75) is 32.7 Å². The zero-order chi connectivity index (χ0) is 10.9. The maximum absolute atomic E-state index is 4.18. The summed E-state index contributed by atoms with van der Waals surface area (Å²) < 4.78 is 2.13. The molecule has 0 aliphatic heterocycles. The molecule has 0 unspecified atom stereocenters. The van der Waals surface area contributed by atoms with Crippen LogP contribution in [0, 0.1) is 0 Å². The highest BCUT2D eigenvalue weighted by Crippen LogP contribution is 2.19. The molecule has 0 aromatic carbocycles. The molecule has 0 atom stereocenters. The van der Waals surface area contributed by atoms with Crippen LogP contribution >= 0.6 is 11.3 Å². The fraction of sp³-hybridized carbons (Fsp3) is 0.455. The predicted molar refractivity (Wildman–Crippen MR) is 62.1 cm³/mol. The number of thiophene rings is 1. The van der Waals surface area contributed by atoms with Crippen molar-refractivity contribution in [3.05, 3.63) is 34.5 Å². The molecule has 2 rings (SSSR count). The van der Waals surface area contributed by atoms with Crippen LogP contribution < -0.4 is 0 Å². The minimum absolute atomic E-state index is 0.0517. The predicted octanol–water partition coefficient (Wildman–Crippen LogP) is 2.69. The SMILES string of the molecule is CC(C)(C)n1cnnc1Cc1cccs1. The lowest BCUT2D eigenvalue weighted by Crippen LogP contribution is -2.23. The highest BCUT2D eigenvalue weighted by molar-refractivity contribution is 7.09. The van der Waals surface area contributed by atoms with Gasteiger partial charge in [-0.05, 0) is 32.2 Å². The van der Waals surface area contributed by atoms with E-state index in [2.05, 4.69) is 53.0 Å². The lowest BCUT2D eigenvalue weighted by molar-refractivity contribution is 0.384. The number of rotatable bonds is 2. The van der Waals surface area contributed by atoms with Gasteiger partial charge in [0.25, 0.3) is 0 Å². The Morgan fingerprint density at radius 2 is 2.20 bits per heavy atom. The second-order valence-corrected chi connectivity index (χ2v) is 5.58. The van der Waals surface area contributed by atoms with Gasteiger partial charge in [-0.3, -0.25) is 0 Å². The van der Waals surface area contributed by atoms with Crippen molar-refractivity contribution in [2.75, 3.05) is 0 Å². The van der Waals surface area contributed by atoms with Crippen LogP contribution in [-0.4, -0.2) is 14.8 Å². The molecule has 0 fully saturated rings. The van der Waals surface area contributed by atoms with E-state index in [1.807, 2.05) is 6.33 Å². The van der Waals surface area contributed by atoms with Crippen LogP contribution in [0.3, 0.4) is 0 Å². The molecule has 2 heterocycles. The van der Waals surface area contributed by atoms with Crippen LogP contribution in [0.4, 0.5) is 0 Å². The number of hydrogen-bond donors (Lipinski definition) is 0. The van der Waals surface area contributed by atoms with Gasteiger partial charge in [0.15, 0.2) is 0 Å². The van der Waals surface area contributed by atoms with E-state index in [0.717, 1.165) is 12.2 Å². The van der Waals surface area contributed by atoms with E-state index in [0.29, 0.717) is 0 Å². The summed E-state index contributed by atoms with van der Waals surface area (Å²) in [6.45, 7) is 6.48. The minimum atomic E-state index is 0.0517. The molecule has 0 aliphatic rings. The summed E-state index contributed by atoms with van der Waals surface area (Å²) in [5, 5.41) is 10.3. The third kappa shape index (κ3) is 2.26. The Bertz CT molecular complexity index is 423. The highest BCUT2D eigenvalue weighted by Gasteiger charge is 2.17. The summed E-state index contributed by atoms with van der Waals surface area (Å²) in [6, 6.07) is 4.20. The fourth-order valence-electron chi connectivity index (χ4n) is 1.51. The average molecular weight is 221 g/mol. The molecule has 3 nitrogen and oxygen atoms in total. The van der Waals surface area contributed by atoms with Crippen LogP contribution in [-0.2, 0) is 12.0 Å². The largest absolute Gasteiger partial charge is 0.312 e. The summed E-state index contributed by atoms with van der Waals surface area (Å²) in [6.07, 6.45) is 2.68. The van der Waals surface area contributed by atoms with Crippen molar-refractivity contribution in [1.82, 2.24) is 14.8 Å². The molecule has 2 aromatic heterocycles. The fourth-order valence-corrected chi connectivity index (χ4v) is 2.21. The van der Waals surface area contributed by atoms with E-state index in [1.165, 1.54) is 4.88 Å². The molecular weight excluding hydrogens is 206 g/mol. The maximum Gasteiger partial charge on any atom is 0.138 e. The van der Waals surface area contributed by atoms with Crippen molar-refractivity contribution >= 4 is 11.3 Å². The Morgan fingerprint density at radius 1 is 1.40 bits per heavy atom. The van der Waals surface area contributed by atoms with Gasteiger partial charge in [-0.2, -0.15) is 0 Å². The van der Waals surface area contributed by atoms with Crippen LogP contribution in [0.15, 0.2) is 23.8 Å². The smallest absolute Gasteiger partial charge is 0.138 e. The van der Waals surface area contributed by atoms with E-state index in [-0.39, 0.29) is 5.54 Å². The third-order valence-electron chi connectivity index (χ3n) is 2.25. The van der Waals surface area contributed by atoms with Gasteiger partial charge < -0.3 is 4.57 Å². The molecule has 0 saturated carbocycles. The van der Waals surface area contributed by atoms with Crippen molar-refractivity contribution in [3.63, 3.8) is 0 Å². The highest BCUT2D eigenvalue weighted by atomic mass is 32.1.